The van der Waals surface area contributed by atoms with Crippen LogP contribution in [0.25, 0.3) is 0 Å². The van der Waals surface area contributed by atoms with Crippen LogP contribution in [0.2, 0.25) is 0 Å². The second kappa shape index (κ2) is 7.32. The van der Waals surface area contributed by atoms with Gasteiger partial charge in [-0.05, 0) is 18.6 Å². The molecule has 1 unspecified atom stereocenters. The van der Waals surface area contributed by atoms with Crippen molar-refractivity contribution in [2.75, 3.05) is 19.0 Å². The molecule has 1 heterocycles. The second-order valence-electron chi connectivity index (χ2n) is 3.90. The fraction of sp³-hybridized carbons (Fsp3) is 0.417. The van der Waals surface area contributed by atoms with Gasteiger partial charge in [-0.3, -0.25) is 0 Å². The number of carboxylic acid groups (broad SMARTS) is 1. The molecule has 1 aromatic heterocycles. The molecule has 2 amide bonds. The summed E-state index contributed by atoms with van der Waals surface area (Å²) in [6.45, 7) is 2.37. The number of carbonyl (C=O) groups is 2. The zero-order valence-electron chi connectivity index (χ0n) is 10.8. The van der Waals surface area contributed by atoms with Crippen LogP contribution in [0.5, 0.6) is 0 Å². The molecule has 0 aromatic carbocycles. The molecule has 7 nitrogen and oxygen atoms in total. The average molecular weight is 267 g/mol. The van der Waals surface area contributed by atoms with Crippen molar-refractivity contribution in [3.63, 3.8) is 0 Å². The van der Waals surface area contributed by atoms with E-state index in [-0.39, 0.29) is 17.8 Å². The smallest absolute Gasteiger partial charge is 0.354 e. The van der Waals surface area contributed by atoms with Gasteiger partial charge in [-0.15, -0.1) is 0 Å². The van der Waals surface area contributed by atoms with E-state index in [1.165, 1.54) is 18.3 Å². The summed E-state index contributed by atoms with van der Waals surface area (Å²) >= 11 is 0. The lowest BCUT2D eigenvalue weighted by Crippen LogP contribution is -2.40. The number of hydrogen-bond acceptors (Lipinski definition) is 4. The number of carboxylic acids is 1. The zero-order valence-corrected chi connectivity index (χ0v) is 10.8. The largest absolute Gasteiger partial charge is 0.477 e. The number of amides is 2. The van der Waals surface area contributed by atoms with Crippen LogP contribution in [0.4, 0.5) is 10.5 Å². The first-order chi connectivity index (χ1) is 9.06. The Morgan fingerprint density at radius 1 is 1.47 bits per heavy atom. The molecule has 0 saturated carbocycles. The SMILES string of the molecule is CCC(COC)NC(=O)Nc1ccc(C(=O)O)nc1. The molecule has 104 valence electrons. The Labute approximate surface area is 111 Å². The standard InChI is InChI=1S/C12H17N3O4/c1-3-8(7-19-2)14-12(18)15-9-4-5-10(11(16)17)13-6-9/h4-6,8H,3,7H2,1-2H3,(H,16,17)(H2,14,15,18). The van der Waals surface area contributed by atoms with Gasteiger partial charge in [0.15, 0.2) is 0 Å². The van der Waals surface area contributed by atoms with Crippen molar-refractivity contribution < 1.29 is 19.4 Å². The van der Waals surface area contributed by atoms with Crippen LogP contribution >= 0.6 is 0 Å². The van der Waals surface area contributed by atoms with Crippen molar-refractivity contribution >= 4 is 17.7 Å². The highest BCUT2D eigenvalue weighted by atomic mass is 16.5. The predicted octanol–water partition coefficient (Wildman–Crippen LogP) is 1.33. The summed E-state index contributed by atoms with van der Waals surface area (Å²) in [5, 5.41) is 14.0. The first-order valence-electron chi connectivity index (χ1n) is 5.82. The predicted molar refractivity (Wildman–Crippen MR) is 69.3 cm³/mol. The van der Waals surface area contributed by atoms with Gasteiger partial charge in [-0.1, -0.05) is 6.92 Å². The molecular weight excluding hydrogens is 250 g/mol. The molecule has 0 spiro atoms. The van der Waals surface area contributed by atoms with Gasteiger partial charge in [0.2, 0.25) is 0 Å². The molecule has 7 heteroatoms. The van der Waals surface area contributed by atoms with Crippen LogP contribution < -0.4 is 10.6 Å². The van der Waals surface area contributed by atoms with Crippen LogP contribution in [0.15, 0.2) is 18.3 Å². The number of aromatic carboxylic acids is 1. The number of rotatable bonds is 6. The third kappa shape index (κ3) is 4.92. The normalized spacial score (nSPS) is 11.7. The van der Waals surface area contributed by atoms with Gasteiger partial charge < -0.3 is 20.5 Å². The fourth-order valence-corrected chi connectivity index (χ4v) is 1.41. The third-order valence-electron chi connectivity index (χ3n) is 2.44. The number of ether oxygens (including phenoxy) is 1. The van der Waals surface area contributed by atoms with E-state index in [1.54, 1.807) is 7.11 Å². The van der Waals surface area contributed by atoms with Crippen LogP contribution in [0, 0.1) is 0 Å². The number of pyridine rings is 1. The first-order valence-corrected chi connectivity index (χ1v) is 5.82. The van der Waals surface area contributed by atoms with Crippen molar-refractivity contribution in [2.45, 2.75) is 19.4 Å². The molecule has 1 aromatic rings. The maximum atomic E-state index is 11.7. The molecule has 0 fully saturated rings. The van der Waals surface area contributed by atoms with Crippen LogP contribution in [-0.4, -0.2) is 41.8 Å². The highest BCUT2D eigenvalue weighted by molar-refractivity contribution is 5.90. The fourth-order valence-electron chi connectivity index (χ4n) is 1.41. The molecule has 19 heavy (non-hydrogen) atoms. The lowest BCUT2D eigenvalue weighted by atomic mass is 10.2. The third-order valence-corrected chi connectivity index (χ3v) is 2.44. The Hall–Kier alpha value is -2.15. The summed E-state index contributed by atoms with van der Waals surface area (Å²) in [4.78, 5) is 26.0. The van der Waals surface area contributed by atoms with Crippen molar-refractivity contribution in [1.29, 1.82) is 0 Å². The zero-order chi connectivity index (χ0) is 14.3. The maximum absolute atomic E-state index is 11.7. The molecule has 0 aliphatic rings. The van der Waals surface area contributed by atoms with Gasteiger partial charge in [0.05, 0.1) is 24.5 Å². The molecule has 0 aliphatic heterocycles. The number of urea groups is 1. The summed E-state index contributed by atoms with van der Waals surface area (Å²) in [5.74, 6) is -1.11. The van der Waals surface area contributed by atoms with Gasteiger partial charge in [-0.2, -0.15) is 0 Å². The van der Waals surface area contributed by atoms with Gasteiger partial charge in [0, 0.05) is 7.11 Å². The minimum atomic E-state index is -1.11. The number of nitrogens with zero attached hydrogens (tertiary/aromatic N) is 1. The van der Waals surface area contributed by atoms with E-state index in [2.05, 4.69) is 15.6 Å². The maximum Gasteiger partial charge on any atom is 0.354 e. The number of carbonyl (C=O) groups excluding carboxylic acids is 1. The van der Waals surface area contributed by atoms with Crippen molar-refractivity contribution in [3.05, 3.63) is 24.0 Å². The summed E-state index contributed by atoms with van der Waals surface area (Å²) in [6, 6.07) is 2.35. The minimum Gasteiger partial charge on any atom is -0.477 e. The Morgan fingerprint density at radius 3 is 2.68 bits per heavy atom. The molecule has 0 aliphatic carbocycles. The van der Waals surface area contributed by atoms with Gasteiger partial charge in [-0.25, -0.2) is 14.6 Å². The lowest BCUT2D eigenvalue weighted by Gasteiger charge is -2.16. The topological polar surface area (TPSA) is 101 Å². The summed E-state index contributed by atoms with van der Waals surface area (Å²) in [5.41, 5.74) is 0.353. The molecule has 1 atom stereocenters. The lowest BCUT2D eigenvalue weighted by molar-refractivity contribution is 0.0690. The Balaban J connectivity index is 2.54. The van der Waals surface area contributed by atoms with Crippen molar-refractivity contribution in [2.24, 2.45) is 0 Å². The van der Waals surface area contributed by atoms with Crippen LogP contribution in [0.1, 0.15) is 23.8 Å². The second-order valence-corrected chi connectivity index (χ2v) is 3.90. The number of aromatic nitrogens is 1. The van der Waals surface area contributed by atoms with E-state index in [0.717, 1.165) is 6.42 Å². The van der Waals surface area contributed by atoms with Crippen LogP contribution in [-0.2, 0) is 4.74 Å². The van der Waals surface area contributed by atoms with E-state index >= 15 is 0 Å². The molecule has 0 saturated heterocycles. The number of methoxy groups -OCH3 is 1. The molecule has 0 bridgehead atoms. The van der Waals surface area contributed by atoms with E-state index in [1.807, 2.05) is 6.92 Å². The van der Waals surface area contributed by atoms with E-state index < -0.39 is 5.97 Å². The van der Waals surface area contributed by atoms with Crippen molar-refractivity contribution in [3.8, 4) is 0 Å². The Morgan fingerprint density at radius 2 is 2.21 bits per heavy atom. The quantitative estimate of drug-likeness (QED) is 0.721. The summed E-state index contributed by atoms with van der Waals surface area (Å²) in [7, 11) is 1.57. The Kier molecular flexibility index (Phi) is 5.74. The highest BCUT2D eigenvalue weighted by Crippen LogP contribution is 2.06. The van der Waals surface area contributed by atoms with E-state index in [0.29, 0.717) is 12.3 Å². The summed E-state index contributed by atoms with van der Waals surface area (Å²) in [6.07, 6.45) is 2.04. The average Bonchev–Trinajstić information content (AvgIpc) is 2.38. The van der Waals surface area contributed by atoms with E-state index in [9.17, 15) is 9.59 Å². The number of nitrogens with one attached hydrogen (secondary N) is 2. The molecule has 0 radical (unpaired) electrons. The minimum absolute atomic E-state index is 0.0724. The Bertz CT molecular complexity index is 433. The van der Waals surface area contributed by atoms with Crippen LogP contribution in [0.3, 0.4) is 0 Å². The van der Waals surface area contributed by atoms with E-state index in [4.69, 9.17) is 9.84 Å². The molecule has 1 rings (SSSR count). The summed E-state index contributed by atoms with van der Waals surface area (Å²) < 4.78 is 4.97. The molecule has 3 N–H and O–H groups in total. The van der Waals surface area contributed by atoms with Gasteiger partial charge in [0.25, 0.3) is 0 Å². The van der Waals surface area contributed by atoms with Gasteiger partial charge in [0.1, 0.15) is 5.69 Å². The monoisotopic (exact) mass is 267 g/mol. The number of hydrogen-bond donors (Lipinski definition) is 3. The van der Waals surface area contributed by atoms with Crippen molar-refractivity contribution in [1.82, 2.24) is 10.3 Å². The highest BCUT2D eigenvalue weighted by Gasteiger charge is 2.10. The van der Waals surface area contributed by atoms with Gasteiger partial charge >= 0.3 is 12.0 Å². The molecular formula is C12H17N3O4. The number of anilines is 1. The first kappa shape index (κ1) is 14.9.